The number of aryl methyl sites for hydroxylation is 2. The number of carbonyl (C=O) groups is 2. The van der Waals surface area contributed by atoms with Crippen LogP contribution in [0, 0.1) is 13.8 Å². The first-order valence-corrected chi connectivity index (χ1v) is 9.43. The Morgan fingerprint density at radius 1 is 1.04 bits per heavy atom. The molecule has 0 atom stereocenters. The minimum Gasteiger partial charge on any atom is -0.351 e. The van der Waals surface area contributed by atoms with Crippen molar-refractivity contribution in [1.29, 1.82) is 0 Å². The minimum absolute atomic E-state index is 0.0298. The van der Waals surface area contributed by atoms with Crippen molar-refractivity contribution in [3.63, 3.8) is 0 Å². The second kappa shape index (κ2) is 6.41. The van der Waals surface area contributed by atoms with E-state index in [0.717, 1.165) is 22.4 Å². The standard InChI is InChI=1S/C22H25N3O2/c1-15-12-16(2)14-17(13-15)21(27)25-10-8-22(9-11-25)23-20(26)18-6-4-5-7-19(18)24(22)3/h4-7,12-14H,8-11H2,1-3H3,(H,23,26). The van der Waals surface area contributed by atoms with Gasteiger partial charge in [-0.25, -0.2) is 0 Å². The third-order valence-corrected chi connectivity index (χ3v) is 5.84. The highest BCUT2D eigenvalue weighted by Crippen LogP contribution is 2.36. The summed E-state index contributed by atoms with van der Waals surface area (Å²) < 4.78 is 0. The third-order valence-electron chi connectivity index (χ3n) is 5.84. The van der Waals surface area contributed by atoms with E-state index in [1.54, 1.807) is 0 Å². The molecule has 1 saturated heterocycles. The number of piperidine rings is 1. The lowest BCUT2D eigenvalue weighted by molar-refractivity contribution is 0.0609. The van der Waals surface area contributed by atoms with Gasteiger partial charge in [0.2, 0.25) is 0 Å². The molecule has 2 aromatic carbocycles. The van der Waals surface area contributed by atoms with Gasteiger partial charge in [-0.05, 0) is 38.1 Å². The maximum atomic E-state index is 12.9. The molecule has 0 aliphatic carbocycles. The summed E-state index contributed by atoms with van der Waals surface area (Å²) in [5.74, 6) is 0.0413. The number of para-hydroxylation sites is 1. The normalized spacial score (nSPS) is 18.3. The van der Waals surface area contributed by atoms with Crippen LogP contribution >= 0.6 is 0 Å². The third kappa shape index (κ3) is 2.97. The van der Waals surface area contributed by atoms with Crippen molar-refractivity contribution in [2.75, 3.05) is 25.0 Å². The highest BCUT2D eigenvalue weighted by molar-refractivity contribution is 6.02. The quantitative estimate of drug-likeness (QED) is 0.847. The summed E-state index contributed by atoms with van der Waals surface area (Å²) in [6.07, 6.45) is 1.42. The van der Waals surface area contributed by atoms with Crippen LogP contribution in [-0.2, 0) is 0 Å². The summed E-state index contributed by atoms with van der Waals surface area (Å²) in [6.45, 7) is 5.27. The molecular weight excluding hydrogens is 338 g/mol. The first-order valence-electron chi connectivity index (χ1n) is 9.43. The first kappa shape index (κ1) is 17.6. The average Bonchev–Trinajstić information content (AvgIpc) is 2.66. The largest absolute Gasteiger partial charge is 0.351 e. The zero-order chi connectivity index (χ0) is 19.2. The van der Waals surface area contributed by atoms with Crippen LogP contribution in [0.2, 0.25) is 0 Å². The molecule has 1 N–H and O–H groups in total. The molecule has 0 bridgehead atoms. The number of hydrogen-bond donors (Lipinski definition) is 1. The van der Waals surface area contributed by atoms with Gasteiger partial charge >= 0.3 is 0 Å². The van der Waals surface area contributed by atoms with Crippen molar-refractivity contribution in [1.82, 2.24) is 10.2 Å². The Morgan fingerprint density at radius 2 is 1.67 bits per heavy atom. The number of benzene rings is 2. The number of likely N-dealkylation sites (tertiary alicyclic amines) is 1. The van der Waals surface area contributed by atoms with Crippen LogP contribution in [0.15, 0.2) is 42.5 Å². The second-order valence-corrected chi connectivity index (χ2v) is 7.73. The molecule has 5 nitrogen and oxygen atoms in total. The Hall–Kier alpha value is -2.82. The summed E-state index contributed by atoms with van der Waals surface area (Å²) in [4.78, 5) is 29.6. The second-order valence-electron chi connectivity index (χ2n) is 7.73. The fraction of sp³-hybridized carbons (Fsp3) is 0.364. The number of amides is 2. The van der Waals surface area contributed by atoms with E-state index in [0.29, 0.717) is 31.5 Å². The van der Waals surface area contributed by atoms with Crippen molar-refractivity contribution in [2.24, 2.45) is 0 Å². The molecular formula is C22H25N3O2. The lowest BCUT2D eigenvalue weighted by Gasteiger charge is -2.51. The van der Waals surface area contributed by atoms with Gasteiger partial charge in [0.25, 0.3) is 11.8 Å². The lowest BCUT2D eigenvalue weighted by atomic mass is 9.90. The van der Waals surface area contributed by atoms with Crippen molar-refractivity contribution in [3.8, 4) is 0 Å². The Morgan fingerprint density at radius 3 is 2.33 bits per heavy atom. The van der Waals surface area contributed by atoms with Gasteiger partial charge in [0.15, 0.2) is 0 Å². The van der Waals surface area contributed by atoms with Crippen molar-refractivity contribution < 1.29 is 9.59 Å². The predicted molar refractivity (Wildman–Crippen MR) is 106 cm³/mol. The molecule has 5 heteroatoms. The smallest absolute Gasteiger partial charge is 0.255 e. The molecule has 1 fully saturated rings. The van der Waals surface area contributed by atoms with E-state index >= 15 is 0 Å². The van der Waals surface area contributed by atoms with Crippen LogP contribution in [0.1, 0.15) is 44.7 Å². The number of anilines is 1. The van der Waals surface area contributed by atoms with Crippen LogP contribution in [-0.4, -0.2) is 42.5 Å². The SMILES string of the molecule is Cc1cc(C)cc(C(=O)N2CCC3(CC2)NC(=O)c2ccccc2N3C)c1. The number of carbonyl (C=O) groups excluding carboxylic acids is 2. The van der Waals surface area contributed by atoms with Crippen LogP contribution < -0.4 is 10.2 Å². The molecule has 4 rings (SSSR count). The van der Waals surface area contributed by atoms with Crippen LogP contribution in [0.3, 0.4) is 0 Å². The first-order chi connectivity index (χ1) is 12.9. The molecule has 0 saturated carbocycles. The van der Waals surface area contributed by atoms with Gasteiger partial charge in [-0.15, -0.1) is 0 Å². The van der Waals surface area contributed by atoms with Gasteiger partial charge in [0, 0.05) is 38.5 Å². The monoisotopic (exact) mass is 363 g/mol. The Labute approximate surface area is 160 Å². The molecule has 2 aliphatic heterocycles. The number of nitrogens with one attached hydrogen (secondary N) is 1. The zero-order valence-electron chi connectivity index (χ0n) is 16.1. The highest BCUT2D eigenvalue weighted by Gasteiger charge is 2.44. The van der Waals surface area contributed by atoms with Crippen molar-refractivity contribution in [2.45, 2.75) is 32.4 Å². The van der Waals surface area contributed by atoms with E-state index in [2.05, 4.69) is 16.3 Å². The molecule has 2 aromatic rings. The Bertz CT molecular complexity index is 893. The molecule has 0 radical (unpaired) electrons. The minimum atomic E-state index is -0.426. The summed E-state index contributed by atoms with van der Waals surface area (Å²) in [5, 5.41) is 3.20. The maximum absolute atomic E-state index is 12.9. The van der Waals surface area contributed by atoms with Crippen molar-refractivity contribution in [3.05, 3.63) is 64.7 Å². The highest BCUT2D eigenvalue weighted by atomic mass is 16.2. The van der Waals surface area contributed by atoms with E-state index in [1.807, 2.05) is 62.2 Å². The van der Waals surface area contributed by atoms with Gasteiger partial charge in [-0.1, -0.05) is 29.3 Å². The van der Waals surface area contributed by atoms with Crippen LogP contribution in [0.25, 0.3) is 0 Å². The van der Waals surface area contributed by atoms with Crippen LogP contribution in [0.5, 0.6) is 0 Å². The number of rotatable bonds is 1. The average molecular weight is 363 g/mol. The molecule has 2 aliphatic rings. The lowest BCUT2D eigenvalue weighted by Crippen LogP contribution is -2.67. The summed E-state index contributed by atoms with van der Waals surface area (Å²) >= 11 is 0. The van der Waals surface area contributed by atoms with E-state index in [4.69, 9.17) is 0 Å². The summed E-state index contributed by atoms with van der Waals surface area (Å²) in [6, 6.07) is 13.7. The van der Waals surface area contributed by atoms with Gasteiger partial charge in [-0.2, -0.15) is 0 Å². The Kier molecular flexibility index (Phi) is 4.17. The molecule has 0 aromatic heterocycles. The maximum Gasteiger partial charge on any atom is 0.255 e. The number of hydrogen-bond acceptors (Lipinski definition) is 3. The van der Waals surface area contributed by atoms with E-state index in [-0.39, 0.29) is 11.8 Å². The van der Waals surface area contributed by atoms with Gasteiger partial charge in [0.1, 0.15) is 5.66 Å². The Balaban J connectivity index is 1.53. The molecule has 27 heavy (non-hydrogen) atoms. The summed E-state index contributed by atoms with van der Waals surface area (Å²) in [5.41, 5.74) is 4.18. The summed E-state index contributed by atoms with van der Waals surface area (Å²) in [7, 11) is 2.03. The predicted octanol–water partition coefficient (Wildman–Crippen LogP) is 3.12. The number of nitrogens with zero attached hydrogens (tertiary/aromatic N) is 2. The van der Waals surface area contributed by atoms with Gasteiger partial charge in [0.05, 0.1) is 11.3 Å². The molecule has 1 spiro atoms. The zero-order valence-corrected chi connectivity index (χ0v) is 16.1. The van der Waals surface area contributed by atoms with Gasteiger partial charge < -0.3 is 15.1 Å². The molecule has 0 unspecified atom stereocenters. The topological polar surface area (TPSA) is 52.7 Å². The van der Waals surface area contributed by atoms with E-state index in [1.165, 1.54) is 0 Å². The van der Waals surface area contributed by atoms with Gasteiger partial charge in [-0.3, -0.25) is 9.59 Å². The van der Waals surface area contributed by atoms with Crippen LogP contribution in [0.4, 0.5) is 5.69 Å². The molecule has 140 valence electrons. The van der Waals surface area contributed by atoms with E-state index in [9.17, 15) is 9.59 Å². The van der Waals surface area contributed by atoms with E-state index < -0.39 is 5.66 Å². The fourth-order valence-corrected chi connectivity index (χ4v) is 4.37. The fourth-order valence-electron chi connectivity index (χ4n) is 4.37. The molecule has 2 amide bonds. The van der Waals surface area contributed by atoms with Crippen molar-refractivity contribution >= 4 is 17.5 Å². The number of fused-ring (bicyclic) bond motifs is 1. The molecule has 2 heterocycles.